The number of ether oxygens (including phenoxy) is 1. The van der Waals surface area contributed by atoms with Crippen LogP contribution >= 0.6 is 0 Å². The molecule has 3 aromatic rings. The van der Waals surface area contributed by atoms with E-state index in [1.807, 2.05) is 12.1 Å². The third-order valence-electron chi connectivity index (χ3n) is 4.23. The standard InChI is InChI=1S/C19H19N5O3/c1-27-9-8-16(12-4-2-5-13(10-12)24-26)23-19-15-7-3-6-14(18(20)25)17(15)21-11-22-19/h2-7,10-11,16H,8-9H2,1H3,(H2,20,25)(H,21,22,23). The van der Waals surface area contributed by atoms with Gasteiger partial charge in [0.05, 0.1) is 17.1 Å². The van der Waals surface area contributed by atoms with Crippen LogP contribution in [0.15, 0.2) is 54.0 Å². The topological polar surface area (TPSA) is 120 Å². The number of para-hydroxylation sites is 1. The number of carbonyl (C=O) groups excluding carboxylic acids is 1. The first kappa shape index (κ1) is 18.4. The van der Waals surface area contributed by atoms with Crippen LogP contribution in [0.4, 0.5) is 11.5 Å². The molecule has 3 N–H and O–H groups in total. The molecule has 1 unspecified atom stereocenters. The van der Waals surface area contributed by atoms with E-state index in [0.717, 1.165) is 5.56 Å². The SMILES string of the molecule is COCCC(Nc1ncnc2c(C(N)=O)cccc12)c1cccc(N=O)c1. The van der Waals surface area contributed by atoms with Gasteiger partial charge in [-0.3, -0.25) is 4.79 Å². The van der Waals surface area contributed by atoms with Gasteiger partial charge in [0.1, 0.15) is 17.8 Å². The molecule has 0 fully saturated rings. The maximum atomic E-state index is 11.7. The monoisotopic (exact) mass is 365 g/mol. The summed E-state index contributed by atoms with van der Waals surface area (Å²) in [6.45, 7) is 0.506. The van der Waals surface area contributed by atoms with E-state index in [0.29, 0.717) is 41.0 Å². The van der Waals surface area contributed by atoms with Crippen LogP contribution < -0.4 is 11.1 Å². The molecule has 0 aliphatic rings. The summed E-state index contributed by atoms with van der Waals surface area (Å²) < 4.78 is 5.21. The van der Waals surface area contributed by atoms with Crippen molar-refractivity contribution in [2.24, 2.45) is 10.9 Å². The molecule has 0 aliphatic heterocycles. The summed E-state index contributed by atoms with van der Waals surface area (Å²) in [5.41, 5.74) is 7.48. The van der Waals surface area contributed by atoms with E-state index in [4.69, 9.17) is 10.5 Å². The van der Waals surface area contributed by atoms with Crippen molar-refractivity contribution in [1.29, 1.82) is 0 Å². The van der Waals surface area contributed by atoms with Gasteiger partial charge in [-0.15, -0.1) is 4.91 Å². The number of nitrogens with zero attached hydrogens (tertiary/aromatic N) is 3. The first-order chi connectivity index (χ1) is 13.1. The lowest BCUT2D eigenvalue weighted by atomic mass is 10.0. The van der Waals surface area contributed by atoms with Gasteiger partial charge in [0.25, 0.3) is 5.91 Å². The molecule has 0 radical (unpaired) electrons. The van der Waals surface area contributed by atoms with E-state index < -0.39 is 5.91 Å². The number of anilines is 1. The molecule has 0 aliphatic carbocycles. The number of aromatic nitrogens is 2. The van der Waals surface area contributed by atoms with E-state index in [1.165, 1.54) is 6.33 Å². The molecule has 8 heteroatoms. The van der Waals surface area contributed by atoms with Crippen molar-refractivity contribution >= 4 is 28.3 Å². The van der Waals surface area contributed by atoms with Crippen LogP contribution in [-0.4, -0.2) is 29.6 Å². The Hall–Kier alpha value is -3.39. The molecule has 8 nitrogen and oxygen atoms in total. The molecule has 3 rings (SSSR count). The number of nitrogens with one attached hydrogen (secondary N) is 1. The van der Waals surface area contributed by atoms with Gasteiger partial charge in [0.2, 0.25) is 0 Å². The molecule has 0 bridgehead atoms. The Balaban J connectivity index is 2.02. The van der Waals surface area contributed by atoms with Gasteiger partial charge in [-0.25, -0.2) is 9.97 Å². The van der Waals surface area contributed by atoms with Crippen molar-refractivity contribution in [2.45, 2.75) is 12.5 Å². The smallest absolute Gasteiger partial charge is 0.250 e. The average molecular weight is 365 g/mol. The van der Waals surface area contributed by atoms with Crippen molar-refractivity contribution in [1.82, 2.24) is 9.97 Å². The Labute approximate surface area is 155 Å². The summed E-state index contributed by atoms with van der Waals surface area (Å²) in [4.78, 5) is 31.1. The average Bonchev–Trinajstić information content (AvgIpc) is 2.70. The van der Waals surface area contributed by atoms with Crippen molar-refractivity contribution in [2.75, 3.05) is 19.0 Å². The number of fused-ring (bicyclic) bond motifs is 1. The van der Waals surface area contributed by atoms with Crippen molar-refractivity contribution < 1.29 is 9.53 Å². The molecule has 0 spiro atoms. The van der Waals surface area contributed by atoms with Crippen LogP contribution in [-0.2, 0) is 4.74 Å². The van der Waals surface area contributed by atoms with Gasteiger partial charge in [-0.1, -0.05) is 18.2 Å². The fourth-order valence-corrected chi connectivity index (χ4v) is 2.92. The minimum atomic E-state index is -0.550. The van der Waals surface area contributed by atoms with E-state index in [-0.39, 0.29) is 6.04 Å². The number of methoxy groups -OCH3 is 1. The Bertz CT molecular complexity index is 976. The summed E-state index contributed by atoms with van der Waals surface area (Å²) in [5, 5.41) is 7.04. The molecule has 1 heterocycles. The summed E-state index contributed by atoms with van der Waals surface area (Å²) in [7, 11) is 1.62. The number of nitrogens with two attached hydrogens (primary N) is 1. The first-order valence-electron chi connectivity index (χ1n) is 8.36. The number of carbonyl (C=O) groups is 1. The zero-order valence-corrected chi connectivity index (χ0v) is 14.8. The van der Waals surface area contributed by atoms with Crippen molar-refractivity contribution in [3.8, 4) is 0 Å². The molecule has 1 atom stereocenters. The quantitative estimate of drug-likeness (QED) is 0.591. The van der Waals surface area contributed by atoms with Gasteiger partial charge in [0, 0.05) is 19.1 Å². The van der Waals surface area contributed by atoms with E-state index in [9.17, 15) is 9.70 Å². The second-order valence-corrected chi connectivity index (χ2v) is 5.95. The number of nitroso groups, excluding NO2 is 1. The molecule has 0 saturated carbocycles. The summed E-state index contributed by atoms with van der Waals surface area (Å²) in [6, 6.07) is 12.0. The second-order valence-electron chi connectivity index (χ2n) is 5.95. The van der Waals surface area contributed by atoms with Crippen LogP contribution in [0.2, 0.25) is 0 Å². The molecule has 138 valence electrons. The lowest BCUT2D eigenvalue weighted by Gasteiger charge is -2.20. The van der Waals surface area contributed by atoms with Crippen molar-refractivity contribution in [3.05, 3.63) is 64.8 Å². The molecule has 2 aromatic carbocycles. The zero-order valence-electron chi connectivity index (χ0n) is 14.8. The number of primary amides is 1. The van der Waals surface area contributed by atoms with Crippen LogP contribution in [0.3, 0.4) is 0 Å². The molecule has 0 saturated heterocycles. The van der Waals surface area contributed by atoms with Gasteiger partial charge >= 0.3 is 0 Å². The summed E-state index contributed by atoms with van der Waals surface area (Å²) in [6.07, 6.45) is 2.02. The highest BCUT2D eigenvalue weighted by Crippen LogP contribution is 2.29. The summed E-state index contributed by atoms with van der Waals surface area (Å²) >= 11 is 0. The summed E-state index contributed by atoms with van der Waals surface area (Å²) in [5.74, 6) is 0.0135. The number of amides is 1. The maximum absolute atomic E-state index is 11.7. The fourth-order valence-electron chi connectivity index (χ4n) is 2.92. The molecule has 1 amide bonds. The van der Waals surface area contributed by atoms with Gasteiger partial charge < -0.3 is 15.8 Å². The Morgan fingerprint density at radius 3 is 2.81 bits per heavy atom. The van der Waals surface area contributed by atoms with E-state index >= 15 is 0 Å². The highest BCUT2D eigenvalue weighted by Gasteiger charge is 2.16. The highest BCUT2D eigenvalue weighted by molar-refractivity contribution is 6.06. The van der Waals surface area contributed by atoms with Gasteiger partial charge in [-0.05, 0) is 41.4 Å². The Kier molecular flexibility index (Phi) is 5.68. The number of hydrogen-bond donors (Lipinski definition) is 2. The number of hydrogen-bond acceptors (Lipinski definition) is 7. The Morgan fingerprint density at radius 1 is 1.26 bits per heavy atom. The van der Waals surface area contributed by atoms with Gasteiger partial charge in [-0.2, -0.15) is 0 Å². The fraction of sp³-hybridized carbons (Fsp3) is 0.211. The van der Waals surface area contributed by atoms with Crippen LogP contribution in [0.25, 0.3) is 10.9 Å². The molecule has 1 aromatic heterocycles. The number of rotatable bonds is 8. The van der Waals surface area contributed by atoms with Crippen molar-refractivity contribution in [3.63, 3.8) is 0 Å². The number of benzene rings is 2. The third-order valence-corrected chi connectivity index (χ3v) is 4.23. The van der Waals surface area contributed by atoms with E-state index in [1.54, 1.807) is 37.4 Å². The van der Waals surface area contributed by atoms with Gasteiger partial charge in [0.15, 0.2) is 0 Å². The second kappa shape index (κ2) is 8.33. The van der Waals surface area contributed by atoms with Crippen LogP contribution in [0.5, 0.6) is 0 Å². The first-order valence-corrected chi connectivity index (χ1v) is 8.36. The largest absolute Gasteiger partial charge is 0.385 e. The predicted octanol–water partition coefficient (Wildman–Crippen LogP) is 3.32. The molecule has 27 heavy (non-hydrogen) atoms. The minimum absolute atomic E-state index is 0.179. The zero-order chi connectivity index (χ0) is 19.2. The lowest BCUT2D eigenvalue weighted by Crippen LogP contribution is -2.15. The predicted molar refractivity (Wildman–Crippen MR) is 103 cm³/mol. The molecular formula is C19H19N5O3. The normalized spacial score (nSPS) is 11.9. The van der Waals surface area contributed by atoms with Crippen LogP contribution in [0, 0.1) is 4.91 Å². The lowest BCUT2D eigenvalue weighted by molar-refractivity contribution is 0.100. The maximum Gasteiger partial charge on any atom is 0.250 e. The minimum Gasteiger partial charge on any atom is -0.385 e. The molecular weight excluding hydrogens is 346 g/mol. The van der Waals surface area contributed by atoms with E-state index in [2.05, 4.69) is 20.5 Å². The Morgan fingerprint density at radius 2 is 2.07 bits per heavy atom. The third kappa shape index (κ3) is 4.06. The van der Waals surface area contributed by atoms with Crippen LogP contribution in [0.1, 0.15) is 28.4 Å². The highest BCUT2D eigenvalue weighted by atomic mass is 16.5.